The highest BCUT2D eigenvalue weighted by atomic mass is 35.5. The van der Waals surface area contributed by atoms with Crippen molar-refractivity contribution in [1.29, 1.82) is 0 Å². The zero-order valence-corrected chi connectivity index (χ0v) is 18.7. The van der Waals surface area contributed by atoms with Crippen LogP contribution in [-0.2, 0) is 31.6 Å². The highest BCUT2D eigenvalue weighted by Crippen LogP contribution is 2.66. The number of rotatable bonds is 8. The first-order valence-corrected chi connectivity index (χ1v) is 12.9. The van der Waals surface area contributed by atoms with Crippen LogP contribution < -0.4 is 5.73 Å². The lowest BCUT2D eigenvalue weighted by molar-refractivity contribution is -0.0501. The number of nitrogens with zero attached hydrogens (tertiary/aromatic N) is 4. The van der Waals surface area contributed by atoms with Crippen LogP contribution in [0.1, 0.15) is 6.23 Å². The number of phosphoric acid groups is 3. The fourth-order valence-electron chi connectivity index (χ4n) is 2.68. The van der Waals surface area contributed by atoms with E-state index < -0.39 is 54.6 Å². The molecule has 3 heterocycles. The van der Waals surface area contributed by atoms with Crippen LogP contribution in [0.5, 0.6) is 0 Å². The molecule has 1 aliphatic heterocycles. The summed E-state index contributed by atoms with van der Waals surface area (Å²) in [5, 5.41) is 20.3. The predicted octanol–water partition coefficient (Wildman–Crippen LogP) is -0.976. The number of ether oxygens (including phenoxy) is 1. The number of aliphatic hydroxyl groups excluding tert-OH is 2. The van der Waals surface area contributed by atoms with Gasteiger partial charge >= 0.3 is 23.5 Å². The van der Waals surface area contributed by atoms with Crippen molar-refractivity contribution in [3.63, 3.8) is 0 Å². The fraction of sp³-hybridized carbons (Fsp3) is 0.500. The Kier molecular flexibility index (Phi) is 7.14. The summed E-state index contributed by atoms with van der Waals surface area (Å²) in [5.41, 5.74) is 5.78. The van der Waals surface area contributed by atoms with Crippen LogP contribution >= 0.6 is 35.1 Å². The van der Waals surface area contributed by atoms with Gasteiger partial charge in [-0.1, -0.05) is 0 Å². The van der Waals surface area contributed by atoms with Crippen LogP contribution in [0.4, 0.5) is 5.82 Å². The first-order valence-electron chi connectivity index (χ1n) is 8.04. The topological polar surface area (TPSA) is 279 Å². The average Bonchev–Trinajstić information content (AvgIpc) is 3.08. The van der Waals surface area contributed by atoms with Crippen molar-refractivity contribution in [2.75, 3.05) is 12.3 Å². The number of nitrogen functional groups attached to an aromatic ring is 1. The van der Waals surface area contributed by atoms with Gasteiger partial charge in [0.2, 0.25) is 5.28 Å². The van der Waals surface area contributed by atoms with Crippen LogP contribution in [0, 0.1) is 0 Å². The van der Waals surface area contributed by atoms with Gasteiger partial charge < -0.3 is 40.3 Å². The third-order valence-electron chi connectivity index (χ3n) is 3.87. The summed E-state index contributed by atoms with van der Waals surface area (Å²) in [4.78, 5) is 47.2. The molecule has 0 bridgehead atoms. The minimum absolute atomic E-state index is 0.0344. The summed E-state index contributed by atoms with van der Waals surface area (Å²) in [7, 11) is -16.8. The van der Waals surface area contributed by atoms with Gasteiger partial charge in [-0.3, -0.25) is 9.09 Å². The first-order chi connectivity index (χ1) is 14.6. The van der Waals surface area contributed by atoms with Gasteiger partial charge in [0.25, 0.3) is 0 Å². The van der Waals surface area contributed by atoms with Crippen molar-refractivity contribution in [3.8, 4) is 0 Å². The number of hydrogen-bond acceptors (Lipinski definition) is 13. The molecule has 1 fully saturated rings. The van der Waals surface area contributed by atoms with E-state index in [1.165, 1.54) is 0 Å². The van der Waals surface area contributed by atoms with E-state index in [1.54, 1.807) is 0 Å². The van der Waals surface area contributed by atoms with Crippen molar-refractivity contribution in [2.45, 2.75) is 24.5 Å². The maximum Gasteiger partial charge on any atom is 0.490 e. The minimum Gasteiger partial charge on any atom is -0.387 e. The monoisotopic (exact) mass is 541 g/mol. The SMILES string of the molecule is Nc1ncnc2c1nc(Cl)n2[C@@H]1O[C@H](COP(=O)(O)OP(=O)(O)OP(=O)(O)O)C(O)C1O. The standard InChI is InChI=1S/C10H15ClN5O13P3/c11-10-15-4-7(12)13-2-14-8(4)16(10)9-6(18)5(17)3(27-9)1-26-31(22,23)29-32(24,25)28-30(19,20)21/h2-3,5-6,9,17-18H,1H2,(H,22,23)(H,24,25)(H2,12,13,14)(H2,19,20,21)/t3-,5?,6?,9-/m1/s1. The largest absolute Gasteiger partial charge is 0.490 e. The molecule has 0 radical (unpaired) electrons. The summed E-state index contributed by atoms with van der Waals surface area (Å²) >= 11 is 6.04. The number of imidazole rings is 1. The van der Waals surface area contributed by atoms with E-state index in [2.05, 4.69) is 28.1 Å². The Balaban J connectivity index is 1.73. The lowest BCUT2D eigenvalue weighted by Gasteiger charge is -2.19. The number of nitrogens with two attached hydrogens (primary N) is 1. The molecule has 22 heteroatoms. The lowest BCUT2D eigenvalue weighted by Crippen LogP contribution is -2.33. The molecule has 2 aromatic heterocycles. The normalized spacial score (nSPS) is 28.0. The molecule has 0 saturated carbocycles. The second-order valence-corrected chi connectivity index (χ2v) is 10.9. The van der Waals surface area contributed by atoms with Crippen molar-refractivity contribution in [3.05, 3.63) is 11.6 Å². The summed E-state index contributed by atoms with van der Waals surface area (Å²) in [6.07, 6.45) is -5.29. The molecule has 4 unspecified atom stereocenters. The van der Waals surface area contributed by atoms with Gasteiger partial charge in [0.1, 0.15) is 24.6 Å². The number of fused-ring (bicyclic) bond motifs is 1. The molecule has 1 saturated heterocycles. The van der Waals surface area contributed by atoms with Crippen LogP contribution in [0.2, 0.25) is 5.28 Å². The van der Waals surface area contributed by atoms with Gasteiger partial charge in [-0.15, -0.1) is 0 Å². The summed E-state index contributed by atoms with van der Waals surface area (Å²) in [6.45, 7) is -1.00. The molecule has 0 amide bonds. The predicted molar refractivity (Wildman–Crippen MR) is 100 cm³/mol. The Morgan fingerprint density at radius 3 is 2.38 bits per heavy atom. The maximum absolute atomic E-state index is 11.8. The van der Waals surface area contributed by atoms with Gasteiger partial charge in [-0.05, 0) is 11.6 Å². The zero-order chi connectivity index (χ0) is 24.1. The van der Waals surface area contributed by atoms with E-state index in [1.807, 2.05) is 0 Å². The number of halogens is 1. The van der Waals surface area contributed by atoms with E-state index in [9.17, 15) is 28.8 Å². The highest BCUT2D eigenvalue weighted by molar-refractivity contribution is 7.66. The van der Waals surface area contributed by atoms with Crippen molar-refractivity contribution >= 4 is 52.1 Å². The number of aromatic nitrogens is 4. The molecule has 0 aromatic carbocycles. The molecule has 2 aromatic rings. The van der Waals surface area contributed by atoms with Gasteiger partial charge in [-0.25, -0.2) is 28.6 Å². The summed E-state index contributed by atoms with van der Waals surface area (Å²) < 4.78 is 51.8. The summed E-state index contributed by atoms with van der Waals surface area (Å²) in [6, 6.07) is 0. The number of aliphatic hydroxyl groups is 2. The molecule has 3 rings (SSSR count). The molecule has 180 valence electrons. The van der Waals surface area contributed by atoms with E-state index in [4.69, 9.17) is 36.8 Å². The number of phosphoric ester groups is 1. The zero-order valence-electron chi connectivity index (χ0n) is 15.2. The lowest BCUT2D eigenvalue weighted by atomic mass is 10.1. The Morgan fingerprint density at radius 1 is 1.09 bits per heavy atom. The molecular weight excluding hydrogens is 527 g/mol. The smallest absolute Gasteiger partial charge is 0.387 e. The molecule has 0 spiro atoms. The molecule has 1 aliphatic rings. The van der Waals surface area contributed by atoms with Crippen molar-refractivity contribution in [1.82, 2.24) is 19.5 Å². The third-order valence-corrected chi connectivity index (χ3v) is 7.94. The first kappa shape index (κ1) is 25.6. The molecule has 18 nitrogen and oxygen atoms in total. The fourth-order valence-corrected chi connectivity index (χ4v) is 5.97. The Labute approximate surface area is 182 Å². The second kappa shape index (κ2) is 8.94. The molecule has 32 heavy (non-hydrogen) atoms. The molecule has 6 atom stereocenters. The van der Waals surface area contributed by atoms with Crippen LogP contribution in [-0.4, -0.2) is 74.2 Å². The second-order valence-electron chi connectivity index (χ2n) is 6.11. The minimum atomic E-state index is -5.72. The number of anilines is 1. The Bertz CT molecular complexity index is 1160. The third kappa shape index (κ3) is 5.70. The highest BCUT2D eigenvalue weighted by Gasteiger charge is 2.47. The van der Waals surface area contributed by atoms with Gasteiger partial charge in [0, 0.05) is 0 Å². The molecule has 0 aliphatic carbocycles. The Hall–Kier alpha value is -1.07. The van der Waals surface area contributed by atoms with E-state index in [-0.39, 0.29) is 22.3 Å². The maximum atomic E-state index is 11.8. The molecular formula is C10H15ClN5O13P3. The summed E-state index contributed by atoms with van der Waals surface area (Å²) in [5.74, 6) is -0.0344. The number of hydrogen-bond donors (Lipinski definition) is 7. The quantitative estimate of drug-likeness (QED) is 0.156. The average molecular weight is 542 g/mol. The van der Waals surface area contributed by atoms with E-state index >= 15 is 0 Å². The van der Waals surface area contributed by atoms with Crippen LogP contribution in [0.15, 0.2) is 6.33 Å². The Morgan fingerprint density at radius 2 is 1.75 bits per heavy atom. The van der Waals surface area contributed by atoms with Gasteiger partial charge in [-0.2, -0.15) is 8.62 Å². The van der Waals surface area contributed by atoms with Crippen molar-refractivity contribution in [2.24, 2.45) is 0 Å². The van der Waals surface area contributed by atoms with Crippen LogP contribution in [0.25, 0.3) is 11.2 Å². The van der Waals surface area contributed by atoms with Gasteiger partial charge in [0.05, 0.1) is 6.61 Å². The van der Waals surface area contributed by atoms with E-state index in [0.29, 0.717) is 0 Å². The van der Waals surface area contributed by atoms with Gasteiger partial charge in [0.15, 0.2) is 23.2 Å². The van der Waals surface area contributed by atoms with Crippen molar-refractivity contribution < 1.29 is 61.4 Å². The van der Waals surface area contributed by atoms with Crippen LogP contribution in [0.3, 0.4) is 0 Å². The van der Waals surface area contributed by atoms with E-state index in [0.717, 1.165) is 10.9 Å². The molecule has 8 N–H and O–H groups in total.